The maximum Gasteiger partial charge on any atom is 0.306 e. The fraction of sp³-hybridized carbons (Fsp3) is 0.773. The van der Waals surface area contributed by atoms with Crippen LogP contribution in [-0.2, 0) is 28.6 Å². The van der Waals surface area contributed by atoms with Gasteiger partial charge in [0.05, 0.1) is 0 Å². The molecule has 81 heavy (non-hydrogen) atoms. The lowest BCUT2D eigenvalue weighted by Gasteiger charge is -2.18. The normalized spacial score (nSPS) is 12.6. The van der Waals surface area contributed by atoms with Gasteiger partial charge >= 0.3 is 17.9 Å². The highest BCUT2D eigenvalue weighted by atomic mass is 16.6. The second-order valence-electron chi connectivity index (χ2n) is 23.4. The first-order chi connectivity index (χ1) is 40.0. The van der Waals surface area contributed by atoms with E-state index in [0.29, 0.717) is 19.3 Å². The Morgan fingerprint density at radius 3 is 0.815 bits per heavy atom. The van der Waals surface area contributed by atoms with Gasteiger partial charge in [-0.3, -0.25) is 14.4 Å². The highest BCUT2D eigenvalue weighted by molar-refractivity contribution is 5.71. The van der Waals surface area contributed by atoms with Gasteiger partial charge in [0.25, 0.3) is 0 Å². The van der Waals surface area contributed by atoms with Gasteiger partial charge in [0.15, 0.2) is 6.10 Å². The molecule has 0 amide bonds. The second-order valence-corrected chi connectivity index (χ2v) is 23.4. The van der Waals surface area contributed by atoms with E-state index in [-0.39, 0.29) is 31.1 Å². The van der Waals surface area contributed by atoms with E-state index < -0.39 is 6.10 Å². The van der Waals surface area contributed by atoms with Gasteiger partial charge in [0.1, 0.15) is 13.2 Å². The third-order valence-corrected chi connectivity index (χ3v) is 15.4. The molecule has 0 aliphatic heterocycles. The monoisotopic (exact) mass is 1130 g/mol. The van der Waals surface area contributed by atoms with E-state index in [0.717, 1.165) is 109 Å². The first kappa shape index (κ1) is 77.6. The molecule has 0 rings (SSSR count). The molecule has 0 spiro atoms. The molecule has 0 saturated heterocycles. The van der Waals surface area contributed by atoms with Crippen molar-refractivity contribution in [3.63, 3.8) is 0 Å². The molecule has 0 aromatic carbocycles. The first-order valence-corrected chi connectivity index (χ1v) is 35.1. The summed E-state index contributed by atoms with van der Waals surface area (Å²) in [7, 11) is 0. The Morgan fingerprint density at radius 1 is 0.259 bits per heavy atom. The molecule has 0 radical (unpaired) electrons. The van der Waals surface area contributed by atoms with Crippen molar-refractivity contribution >= 4 is 17.9 Å². The SMILES string of the molecule is CC/C=C\C/C=C\C/C=C\C/C=C\C/C=C\C/C=C\CCCCCCCCCCCCCCCCCCC(=O)OCC(COC(=O)CCCCCCC/C=C\CCC)OC(=O)CCCCCCCCCCCCCCCCCCCC. The third-order valence-electron chi connectivity index (χ3n) is 15.4. The molecule has 0 aromatic rings. The number of allylic oxidation sites excluding steroid dienone is 14. The van der Waals surface area contributed by atoms with Crippen molar-refractivity contribution in [3.8, 4) is 0 Å². The van der Waals surface area contributed by atoms with Crippen molar-refractivity contribution in [2.24, 2.45) is 0 Å². The molecular weight excluding hydrogens is 997 g/mol. The maximum absolute atomic E-state index is 12.9. The maximum atomic E-state index is 12.9. The fourth-order valence-electron chi connectivity index (χ4n) is 10.2. The van der Waals surface area contributed by atoms with Crippen molar-refractivity contribution in [1.82, 2.24) is 0 Å². The van der Waals surface area contributed by atoms with Gasteiger partial charge in [-0.2, -0.15) is 0 Å². The number of esters is 3. The van der Waals surface area contributed by atoms with Gasteiger partial charge in [0, 0.05) is 19.3 Å². The summed E-state index contributed by atoms with van der Waals surface area (Å²) >= 11 is 0. The number of carbonyl (C=O) groups is 3. The Bertz CT molecular complexity index is 1530. The highest BCUT2D eigenvalue weighted by Gasteiger charge is 2.19. The minimum absolute atomic E-state index is 0.0734. The Hall–Kier alpha value is -3.41. The summed E-state index contributed by atoms with van der Waals surface area (Å²) in [5, 5.41) is 0. The van der Waals surface area contributed by atoms with Crippen LogP contribution in [0.1, 0.15) is 355 Å². The predicted octanol–water partition coefficient (Wildman–Crippen LogP) is 24.2. The van der Waals surface area contributed by atoms with E-state index in [1.54, 1.807) is 0 Å². The lowest BCUT2D eigenvalue weighted by Crippen LogP contribution is -2.30. The first-order valence-electron chi connectivity index (χ1n) is 35.1. The Labute approximate surface area is 503 Å². The summed E-state index contributed by atoms with van der Waals surface area (Å²) in [4.78, 5) is 38.3. The summed E-state index contributed by atoms with van der Waals surface area (Å²) in [6.07, 6.45) is 92.0. The molecule has 0 fully saturated rings. The van der Waals surface area contributed by atoms with E-state index in [9.17, 15) is 14.4 Å². The minimum atomic E-state index is -0.776. The van der Waals surface area contributed by atoms with Crippen LogP contribution in [-0.4, -0.2) is 37.2 Å². The third kappa shape index (κ3) is 67.3. The van der Waals surface area contributed by atoms with Crippen LogP contribution in [0.2, 0.25) is 0 Å². The van der Waals surface area contributed by atoms with Crippen molar-refractivity contribution in [3.05, 3.63) is 85.1 Å². The highest BCUT2D eigenvalue weighted by Crippen LogP contribution is 2.18. The van der Waals surface area contributed by atoms with Crippen molar-refractivity contribution in [2.75, 3.05) is 13.2 Å². The van der Waals surface area contributed by atoms with Gasteiger partial charge in [-0.25, -0.2) is 0 Å². The quantitative estimate of drug-likeness (QED) is 0.0261. The molecule has 0 bridgehead atoms. The standard InChI is InChI=1S/C75H132O6/c1-4-7-10-13-16-19-22-24-26-28-30-31-32-33-34-35-36-37-38-39-40-41-42-43-44-45-46-48-49-51-53-56-59-62-65-68-74(77)80-71-72(70-79-73(76)67-64-61-58-55-21-18-15-12-9-6-3)81-75(78)69-66-63-60-57-54-52-50-47-29-27-25-23-20-17-14-11-8-5-2/h7,10,12,15-16,19,24,26,30-31,33-34,36-37,72H,4-6,8-9,11,13-14,17-18,20-23,25,27-29,32,35,38-71H2,1-3H3/b10-7-,15-12-,19-16-,26-24-,31-30-,34-33-,37-36-. The Balaban J connectivity index is 4.08. The molecular formula is C75H132O6. The van der Waals surface area contributed by atoms with Crippen LogP contribution in [0.5, 0.6) is 0 Å². The fourth-order valence-corrected chi connectivity index (χ4v) is 10.2. The van der Waals surface area contributed by atoms with Gasteiger partial charge < -0.3 is 14.2 Å². The van der Waals surface area contributed by atoms with Gasteiger partial charge in [-0.15, -0.1) is 0 Å². The van der Waals surface area contributed by atoms with Crippen LogP contribution in [0.25, 0.3) is 0 Å². The van der Waals surface area contributed by atoms with E-state index in [4.69, 9.17) is 14.2 Å². The summed E-state index contributed by atoms with van der Waals surface area (Å²) in [5.74, 6) is -0.865. The summed E-state index contributed by atoms with van der Waals surface area (Å²) in [6, 6.07) is 0. The molecule has 0 aromatic heterocycles. The summed E-state index contributed by atoms with van der Waals surface area (Å²) < 4.78 is 16.9. The number of rotatable bonds is 64. The molecule has 0 N–H and O–H groups in total. The summed E-state index contributed by atoms with van der Waals surface area (Å²) in [5.41, 5.74) is 0. The van der Waals surface area contributed by atoms with Crippen LogP contribution in [0.4, 0.5) is 0 Å². The zero-order chi connectivity index (χ0) is 58.5. The molecule has 1 atom stereocenters. The summed E-state index contributed by atoms with van der Waals surface area (Å²) in [6.45, 7) is 6.51. The molecule has 0 aliphatic carbocycles. The number of ether oxygens (including phenoxy) is 3. The largest absolute Gasteiger partial charge is 0.462 e. The molecule has 0 heterocycles. The van der Waals surface area contributed by atoms with Crippen molar-refractivity contribution in [2.45, 2.75) is 361 Å². The number of unbranched alkanes of at least 4 members (excludes halogenated alkanes) is 39. The van der Waals surface area contributed by atoms with Crippen LogP contribution < -0.4 is 0 Å². The van der Waals surface area contributed by atoms with E-state index >= 15 is 0 Å². The molecule has 1 unspecified atom stereocenters. The number of hydrogen-bond donors (Lipinski definition) is 0. The average Bonchev–Trinajstić information content (AvgIpc) is 3.47. The molecule has 6 heteroatoms. The Kier molecular flexibility index (Phi) is 66.2. The van der Waals surface area contributed by atoms with Crippen molar-refractivity contribution in [1.29, 1.82) is 0 Å². The van der Waals surface area contributed by atoms with Gasteiger partial charge in [-0.05, 0) is 89.9 Å². The zero-order valence-corrected chi connectivity index (χ0v) is 53.8. The number of carbonyl (C=O) groups excluding carboxylic acids is 3. The van der Waals surface area contributed by atoms with Crippen LogP contribution in [0.15, 0.2) is 85.1 Å². The predicted molar refractivity (Wildman–Crippen MR) is 353 cm³/mol. The van der Waals surface area contributed by atoms with Crippen LogP contribution in [0.3, 0.4) is 0 Å². The molecule has 0 aliphatic rings. The lowest BCUT2D eigenvalue weighted by molar-refractivity contribution is -0.167. The van der Waals surface area contributed by atoms with E-state index in [1.807, 2.05) is 0 Å². The topological polar surface area (TPSA) is 78.9 Å². The van der Waals surface area contributed by atoms with Crippen LogP contribution in [0, 0.1) is 0 Å². The minimum Gasteiger partial charge on any atom is -0.462 e. The number of hydrogen-bond acceptors (Lipinski definition) is 6. The molecule has 6 nitrogen and oxygen atoms in total. The lowest BCUT2D eigenvalue weighted by atomic mass is 10.0. The van der Waals surface area contributed by atoms with Gasteiger partial charge in [0.2, 0.25) is 0 Å². The average molecular weight is 1130 g/mol. The van der Waals surface area contributed by atoms with E-state index in [1.165, 1.54) is 205 Å². The van der Waals surface area contributed by atoms with Gasteiger partial charge in [-0.1, -0.05) is 331 Å². The molecule has 0 saturated carbocycles. The van der Waals surface area contributed by atoms with E-state index in [2.05, 4.69) is 106 Å². The second kappa shape index (κ2) is 69.1. The smallest absolute Gasteiger partial charge is 0.306 e. The van der Waals surface area contributed by atoms with Crippen molar-refractivity contribution < 1.29 is 28.6 Å². The van der Waals surface area contributed by atoms with Crippen LogP contribution >= 0.6 is 0 Å². The zero-order valence-electron chi connectivity index (χ0n) is 53.8. The molecule has 468 valence electrons. The Morgan fingerprint density at radius 2 is 0.506 bits per heavy atom.